The van der Waals surface area contributed by atoms with Crippen LogP contribution in [0.4, 0.5) is 0 Å². The summed E-state index contributed by atoms with van der Waals surface area (Å²) in [4.78, 5) is 26.8. The molecular weight excluding hydrogens is 472 g/mol. The maximum atomic E-state index is 14.6. The van der Waals surface area contributed by atoms with Crippen molar-refractivity contribution in [3.63, 3.8) is 0 Å². The Morgan fingerprint density at radius 3 is 2.14 bits per heavy atom. The first-order valence-corrected chi connectivity index (χ1v) is 16.7. The van der Waals surface area contributed by atoms with Gasteiger partial charge in [0.2, 0.25) is 0 Å². The van der Waals surface area contributed by atoms with E-state index < -0.39 is 31.5 Å². The summed E-state index contributed by atoms with van der Waals surface area (Å²) in [5.41, 5.74) is -2.24. The van der Waals surface area contributed by atoms with E-state index >= 15 is 0 Å². The van der Waals surface area contributed by atoms with Gasteiger partial charge in [0.15, 0.2) is 8.32 Å². The molecule has 9 atom stereocenters. The molecular formula is C29H52O6Si. The lowest BCUT2D eigenvalue weighted by molar-refractivity contribution is -0.159. The molecule has 0 spiro atoms. The van der Waals surface area contributed by atoms with E-state index in [2.05, 4.69) is 54.6 Å². The van der Waals surface area contributed by atoms with E-state index in [4.69, 9.17) is 13.9 Å². The number of ether oxygens (including phenoxy) is 2. The van der Waals surface area contributed by atoms with Gasteiger partial charge in [0.25, 0.3) is 0 Å². The molecule has 0 unspecified atom stereocenters. The van der Waals surface area contributed by atoms with Gasteiger partial charge in [-0.15, -0.1) is 0 Å². The van der Waals surface area contributed by atoms with Crippen molar-refractivity contribution in [2.75, 3.05) is 7.11 Å². The van der Waals surface area contributed by atoms with Crippen LogP contribution in [0.5, 0.6) is 0 Å². The fourth-order valence-electron chi connectivity index (χ4n) is 7.64. The largest absolute Gasteiger partial charge is 0.461 e. The van der Waals surface area contributed by atoms with Crippen LogP contribution in [0.15, 0.2) is 0 Å². The van der Waals surface area contributed by atoms with Crippen LogP contribution in [-0.4, -0.2) is 56.2 Å². The summed E-state index contributed by atoms with van der Waals surface area (Å²) in [6.07, 6.45) is 1.32. The molecule has 36 heavy (non-hydrogen) atoms. The number of aliphatic hydroxyl groups is 1. The maximum Gasteiger partial charge on any atom is 0.302 e. The van der Waals surface area contributed by atoms with E-state index in [1.165, 1.54) is 6.92 Å². The SMILES string of the molecule is CO[C@@H]1[C@H]2C[C@@](C)(O)[C@@H](O[Si](C)(C)C(C)(C)C)C[C@H]3C(C)(C)C[C@H](OC(C)=O)[C@@]3(C)C(=O)[C@H]2C[C@H]1C. The van der Waals surface area contributed by atoms with E-state index in [0.717, 1.165) is 6.42 Å². The van der Waals surface area contributed by atoms with Crippen molar-refractivity contribution in [2.24, 2.45) is 34.5 Å². The van der Waals surface area contributed by atoms with E-state index in [0.29, 0.717) is 19.3 Å². The van der Waals surface area contributed by atoms with Crippen molar-refractivity contribution < 1.29 is 28.6 Å². The number of ketones is 1. The zero-order valence-electron chi connectivity index (χ0n) is 24.9. The second-order valence-electron chi connectivity index (χ2n) is 14.8. The maximum absolute atomic E-state index is 14.6. The summed E-state index contributed by atoms with van der Waals surface area (Å²) in [5.74, 6) is -0.439. The second kappa shape index (κ2) is 9.46. The number of Topliss-reactive ketones (excluding diaryl/α,β-unsaturated/α-hetero) is 1. The Morgan fingerprint density at radius 2 is 1.64 bits per heavy atom. The molecule has 0 bridgehead atoms. The van der Waals surface area contributed by atoms with Gasteiger partial charge in [0.1, 0.15) is 11.9 Å². The Labute approximate surface area is 220 Å². The standard InChI is InChI=1S/C29H52O6Si/c1-17-13-19-20(24(17)33-10)15-28(8,32)22(35-36(11,12)26(3,4)5)14-21-27(6,7)16-23(34-18(2)30)29(21,9)25(19)31/h17,19-24,32H,13-16H2,1-12H3/t17-,19+,20+,21+,22+,23+,24+,28-,29+/m1/s1. The van der Waals surface area contributed by atoms with Gasteiger partial charge in [-0.3, -0.25) is 9.59 Å². The summed E-state index contributed by atoms with van der Waals surface area (Å²) < 4.78 is 18.9. The third-order valence-electron chi connectivity index (χ3n) is 10.7. The number of carbonyl (C=O) groups excluding carboxylic acids is 2. The van der Waals surface area contributed by atoms with Crippen LogP contribution in [0.3, 0.4) is 0 Å². The van der Waals surface area contributed by atoms with Crippen molar-refractivity contribution >= 4 is 20.1 Å². The van der Waals surface area contributed by atoms with Crippen LogP contribution in [0.1, 0.15) is 88.0 Å². The van der Waals surface area contributed by atoms with Crippen LogP contribution in [0, 0.1) is 34.5 Å². The summed E-state index contributed by atoms with van der Waals surface area (Å²) in [6.45, 7) is 22.9. The molecule has 0 aliphatic heterocycles. The third-order valence-corrected chi connectivity index (χ3v) is 15.1. The van der Waals surface area contributed by atoms with Crippen LogP contribution in [0.25, 0.3) is 0 Å². The Hall–Kier alpha value is -0.763. The monoisotopic (exact) mass is 524 g/mol. The molecule has 3 aliphatic carbocycles. The Kier molecular flexibility index (Phi) is 7.83. The summed E-state index contributed by atoms with van der Waals surface area (Å²) in [5, 5.41) is 12.1. The normalized spacial score (nSPS) is 43.2. The van der Waals surface area contributed by atoms with Gasteiger partial charge in [-0.25, -0.2) is 0 Å². The highest BCUT2D eigenvalue weighted by Gasteiger charge is 2.66. The fraction of sp³-hybridized carbons (Fsp3) is 0.931. The highest BCUT2D eigenvalue weighted by Crippen LogP contribution is 2.62. The van der Waals surface area contributed by atoms with Gasteiger partial charge in [-0.1, -0.05) is 41.5 Å². The number of hydrogen-bond donors (Lipinski definition) is 1. The summed E-state index contributed by atoms with van der Waals surface area (Å²) in [7, 11) is -0.533. The quantitative estimate of drug-likeness (QED) is 0.372. The van der Waals surface area contributed by atoms with Crippen LogP contribution in [-0.2, 0) is 23.5 Å². The molecule has 0 radical (unpaired) electrons. The first-order valence-electron chi connectivity index (χ1n) is 13.8. The topological polar surface area (TPSA) is 82.1 Å². The molecule has 6 nitrogen and oxygen atoms in total. The van der Waals surface area contributed by atoms with Crippen molar-refractivity contribution in [1.82, 2.24) is 0 Å². The first kappa shape index (κ1) is 29.8. The van der Waals surface area contributed by atoms with Gasteiger partial charge >= 0.3 is 5.97 Å². The van der Waals surface area contributed by atoms with Crippen LogP contribution < -0.4 is 0 Å². The van der Waals surface area contributed by atoms with Crippen molar-refractivity contribution in [3.05, 3.63) is 0 Å². The number of hydrogen-bond acceptors (Lipinski definition) is 6. The van der Waals surface area contributed by atoms with Gasteiger partial charge in [0, 0.05) is 20.0 Å². The van der Waals surface area contributed by atoms with Crippen molar-refractivity contribution in [1.29, 1.82) is 0 Å². The predicted molar refractivity (Wildman–Crippen MR) is 144 cm³/mol. The predicted octanol–water partition coefficient (Wildman–Crippen LogP) is 5.76. The smallest absolute Gasteiger partial charge is 0.302 e. The van der Waals surface area contributed by atoms with E-state index in [9.17, 15) is 14.7 Å². The molecule has 3 fully saturated rings. The average Bonchev–Trinajstić information content (AvgIpc) is 3.10. The third kappa shape index (κ3) is 4.99. The van der Waals surface area contributed by atoms with Gasteiger partial charge in [-0.05, 0) is 80.8 Å². The molecule has 0 amide bonds. The number of rotatable bonds is 4. The van der Waals surface area contributed by atoms with Gasteiger partial charge < -0.3 is 19.0 Å². The van der Waals surface area contributed by atoms with E-state index in [-0.39, 0.29) is 52.0 Å². The fourth-order valence-corrected chi connectivity index (χ4v) is 9.05. The summed E-state index contributed by atoms with van der Waals surface area (Å²) >= 11 is 0. The molecule has 0 heterocycles. The molecule has 3 aliphatic rings. The first-order chi connectivity index (χ1) is 16.2. The lowest BCUT2D eigenvalue weighted by atomic mass is 9.63. The van der Waals surface area contributed by atoms with Crippen molar-refractivity contribution in [2.45, 2.75) is 130 Å². The molecule has 0 aromatic rings. The lowest BCUT2D eigenvalue weighted by Gasteiger charge is -2.47. The average molecular weight is 525 g/mol. The highest BCUT2D eigenvalue weighted by molar-refractivity contribution is 6.74. The van der Waals surface area contributed by atoms with Crippen LogP contribution in [0.2, 0.25) is 18.1 Å². The number of fused-ring (bicyclic) bond motifs is 2. The molecule has 1 N–H and O–H groups in total. The number of esters is 1. The van der Waals surface area contributed by atoms with E-state index in [1.54, 1.807) is 7.11 Å². The highest BCUT2D eigenvalue weighted by atomic mass is 28.4. The molecule has 0 aromatic carbocycles. The Balaban J connectivity index is 2.20. The number of methoxy groups -OCH3 is 1. The molecule has 3 rings (SSSR count). The summed E-state index contributed by atoms with van der Waals surface area (Å²) in [6, 6.07) is 0. The Bertz CT molecular complexity index is 858. The molecule has 208 valence electrons. The lowest BCUT2D eigenvalue weighted by Crippen LogP contribution is -2.54. The second-order valence-corrected chi connectivity index (χ2v) is 19.6. The zero-order chi connectivity index (χ0) is 27.6. The Morgan fingerprint density at radius 1 is 1.06 bits per heavy atom. The van der Waals surface area contributed by atoms with Gasteiger partial charge in [0.05, 0.1) is 23.2 Å². The minimum absolute atomic E-state index is 0.0222. The number of carbonyl (C=O) groups is 2. The van der Waals surface area contributed by atoms with E-state index in [1.807, 2.05) is 13.8 Å². The molecule has 3 saturated carbocycles. The van der Waals surface area contributed by atoms with Gasteiger partial charge in [-0.2, -0.15) is 0 Å². The minimum Gasteiger partial charge on any atom is -0.461 e. The minimum atomic E-state index is -2.25. The van der Waals surface area contributed by atoms with Crippen molar-refractivity contribution in [3.8, 4) is 0 Å². The van der Waals surface area contributed by atoms with Crippen LogP contribution >= 0.6 is 0 Å². The zero-order valence-corrected chi connectivity index (χ0v) is 25.9. The molecule has 0 saturated heterocycles. The molecule has 0 aromatic heterocycles. The molecule has 7 heteroatoms.